The number of rotatable bonds is 1. The fourth-order valence-corrected chi connectivity index (χ4v) is 0.794. The van der Waals surface area contributed by atoms with Gasteiger partial charge in [0.1, 0.15) is 0 Å². The lowest BCUT2D eigenvalue weighted by Crippen LogP contribution is -2.31. The van der Waals surface area contributed by atoms with E-state index < -0.39 is 0 Å². The highest BCUT2D eigenvalue weighted by Crippen LogP contribution is 2.37. The highest BCUT2D eigenvalue weighted by Gasteiger charge is 2.38. The van der Waals surface area contributed by atoms with Gasteiger partial charge in [0.15, 0.2) is 0 Å². The van der Waals surface area contributed by atoms with E-state index >= 15 is 0 Å². The number of carbonyl (C=O) groups excluding carboxylic acids is 1. The van der Waals surface area contributed by atoms with E-state index in [0.717, 1.165) is 6.42 Å². The molecular formula is C5H10N2O. The van der Waals surface area contributed by atoms with Crippen LogP contribution in [-0.4, -0.2) is 5.91 Å². The molecule has 46 valence electrons. The summed E-state index contributed by atoms with van der Waals surface area (Å²) in [5.74, 6) is 5.62. The molecule has 8 heavy (non-hydrogen) atoms. The van der Waals surface area contributed by atoms with Gasteiger partial charge in [-0.1, -0.05) is 6.92 Å². The minimum Gasteiger partial charge on any atom is -0.294 e. The van der Waals surface area contributed by atoms with Gasteiger partial charge in [0, 0.05) is 5.92 Å². The van der Waals surface area contributed by atoms with Crippen LogP contribution in [0.25, 0.3) is 0 Å². The summed E-state index contributed by atoms with van der Waals surface area (Å²) in [6.45, 7) is 2.04. The molecule has 1 fully saturated rings. The van der Waals surface area contributed by atoms with Gasteiger partial charge in [-0.2, -0.15) is 0 Å². The Morgan fingerprint density at radius 1 is 1.88 bits per heavy atom. The van der Waals surface area contributed by atoms with Crippen molar-refractivity contribution in [1.82, 2.24) is 5.43 Å². The Morgan fingerprint density at radius 3 is 2.50 bits per heavy atom. The molecule has 0 radical (unpaired) electrons. The molecule has 3 N–H and O–H groups in total. The zero-order valence-electron chi connectivity index (χ0n) is 4.85. The Bertz CT molecular complexity index is 113. The van der Waals surface area contributed by atoms with E-state index in [1.54, 1.807) is 0 Å². The summed E-state index contributed by atoms with van der Waals surface area (Å²) < 4.78 is 0. The second-order valence-electron chi connectivity index (χ2n) is 2.33. The quantitative estimate of drug-likeness (QED) is 0.277. The summed E-state index contributed by atoms with van der Waals surface area (Å²) in [6, 6.07) is 0. The number of hydrogen-bond donors (Lipinski definition) is 2. The van der Waals surface area contributed by atoms with E-state index in [1.165, 1.54) is 0 Å². The number of nitrogens with two attached hydrogens (primary N) is 1. The van der Waals surface area contributed by atoms with Crippen LogP contribution in [0, 0.1) is 11.8 Å². The SMILES string of the molecule is C[C@@H]1C[C@@H]1C(=O)NN. The molecule has 0 spiro atoms. The lowest BCUT2D eigenvalue weighted by atomic mass is 10.3. The highest BCUT2D eigenvalue weighted by molar-refractivity contribution is 5.80. The van der Waals surface area contributed by atoms with E-state index in [2.05, 4.69) is 5.43 Å². The van der Waals surface area contributed by atoms with Gasteiger partial charge in [0.2, 0.25) is 5.91 Å². The molecule has 0 aliphatic heterocycles. The molecule has 1 aliphatic rings. The van der Waals surface area contributed by atoms with Crippen molar-refractivity contribution in [2.24, 2.45) is 17.7 Å². The van der Waals surface area contributed by atoms with Crippen molar-refractivity contribution >= 4 is 5.91 Å². The van der Waals surface area contributed by atoms with Crippen LogP contribution in [0.5, 0.6) is 0 Å². The molecule has 3 heteroatoms. The van der Waals surface area contributed by atoms with E-state index in [9.17, 15) is 4.79 Å². The molecule has 0 unspecified atom stereocenters. The van der Waals surface area contributed by atoms with Crippen LogP contribution in [0.1, 0.15) is 13.3 Å². The molecule has 1 aliphatic carbocycles. The van der Waals surface area contributed by atoms with E-state index in [1.807, 2.05) is 6.92 Å². The normalized spacial score (nSPS) is 34.2. The third-order valence-electron chi connectivity index (χ3n) is 1.59. The molecule has 2 atom stereocenters. The zero-order chi connectivity index (χ0) is 6.15. The Labute approximate surface area is 48.2 Å². The van der Waals surface area contributed by atoms with Gasteiger partial charge in [-0.05, 0) is 12.3 Å². The largest absolute Gasteiger partial charge is 0.294 e. The number of amides is 1. The Hall–Kier alpha value is -0.570. The summed E-state index contributed by atoms with van der Waals surface area (Å²) in [4.78, 5) is 10.5. The minimum atomic E-state index is -0.0162. The van der Waals surface area contributed by atoms with Gasteiger partial charge in [-0.25, -0.2) is 5.84 Å². The maximum absolute atomic E-state index is 10.5. The molecule has 0 heterocycles. The van der Waals surface area contributed by atoms with Crippen LogP contribution >= 0.6 is 0 Å². The number of hydrogen-bond acceptors (Lipinski definition) is 2. The van der Waals surface area contributed by atoms with E-state index in [0.29, 0.717) is 5.92 Å². The van der Waals surface area contributed by atoms with Crippen molar-refractivity contribution in [3.8, 4) is 0 Å². The monoisotopic (exact) mass is 114 g/mol. The first kappa shape index (κ1) is 5.56. The van der Waals surface area contributed by atoms with Crippen molar-refractivity contribution in [3.05, 3.63) is 0 Å². The predicted octanol–water partition coefficient (Wildman–Crippen LogP) is -0.368. The second-order valence-corrected chi connectivity index (χ2v) is 2.33. The van der Waals surface area contributed by atoms with Crippen LogP contribution in [0.3, 0.4) is 0 Å². The maximum Gasteiger partial charge on any atom is 0.237 e. The van der Waals surface area contributed by atoms with Crippen molar-refractivity contribution in [2.45, 2.75) is 13.3 Å². The summed E-state index contributed by atoms with van der Waals surface area (Å²) in [5.41, 5.74) is 2.12. The Morgan fingerprint density at radius 2 is 2.38 bits per heavy atom. The van der Waals surface area contributed by atoms with Crippen LogP contribution in [0.2, 0.25) is 0 Å². The lowest BCUT2D eigenvalue weighted by Gasteiger charge is -1.91. The fourth-order valence-electron chi connectivity index (χ4n) is 0.794. The van der Waals surface area contributed by atoms with Gasteiger partial charge < -0.3 is 0 Å². The van der Waals surface area contributed by atoms with Crippen molar-refractivity contribution in [2.75, 3.05) is 0 Å². The maximum atomic E-state index is 10.5. The van der Waals surface area contributed by atoms with Gasteiger partial charge in [0.05, 0.1) is 0 Å². The molecule has 1 saturated carbocycles. The topological polar surface area (TPSA) is 55.1 Å². The molecule has 0 aromatic heterocycles. The van der Waals surface area contributed by atoms with Crippen LogP contribution in [0.15, 0.2) is 0 Å². The molecule has 0 aromatic carbocycles. The molecule has 0 bridgehead atoms. The van der Waals surface area contributed by atoms with Crippen LogP contribution in [0.4, 0.5) is 0 Å². The lowest BCUT2D eigenvalue weighted by molar-refractivity contribution is -0.122. The first-order valence-electron chi connectivity index (χ1n) is 2.76. The van der Waals surface area contributed by atoms with Crippen LogP contribution < -0.4 is 11.3 Å². The summed E-state index contributed by atoms with van der Waals surface area (Å²) in [6.07, 6.45) is 1.00. The smallest absolute Gasteiger partial charge is 0.237 e. The van der Waals surface area contributed by atoms with Gasteiger partial charge >= 0.3 is 0 Å². The average Bonchev–Trinajstić information content (AvgIpc) is 2.45. The third-order valence-corrected chi connectivity index (χ3v) is 1.59. The number of carbonyl (C=O) groups is 1. The zero-order valence-corrected chi connectivity index (χ0v) is 4.85. The Kier molecular flexibility index (Phi) is 1.21. The number of nitrogens with one attached hydrogen (secondary N) is 1. The second kappa shape index (κ2) is 1.74. The van der Waals surface area contributed by atoms with Gasteiger partial charge in [0.25, 0.3) is 0 Å². The first-order chi connectivity index (χ1) is 3.75. The average molecular weight is 114 g/mol. The van der Waals surface area contributed by atoms with E-state index in [-0.39, 0.29) is 11.8 Å². The minimum absolute atomic E-state index is 0.0162. The van der Waals surface area contributed by atoms with Gasteiger partial charge in [-0.15, -0.1) is 0 Å². The summed E-state index contributed by atoms with van der Waals surface area (Å²) in [7, 11) is 0. The van der Waals surface area contributed by atoms with E-state index in [4.69, 9.17) is 5.84 Å². The molecule has 3 nitrogen and oxygen atoms in total. The summed E-state index contributed by atoms with van der Waals surface area (Å²) >= 11 is 0. The van der Waals surface area contributed by atoms with Crippen molar-refractivity contribution < 1.29 is 4.79 Å². The first-order valence-corrected chi connectivity index (χ1v) is 2.76. The molecule has 0 saturated heterocycles. The molecule has 0 aromatic rings. The van der Waals surface area contributed by atoms with Crippen molar-refractivity contribution in [1.29, 1.82) is 0 Å². The molecular weight excluding hydrogens is 104 g/mol. The third kappa shape index (κ3) is 0.816. The number of hydrazine groups is 1. The molecule has 1 amide bonds. The predicted molar refractivity (Wildman–Crippen MR) is 29.6 cm³/mol. The fraction of sp³-hybridized carbons (Fsp3) is 0.800. The standard InChI is InChI=1S/C5H10N2O/c1-3-2-4(3)5(8)7-6/h3-4H,2,6H2,1H3,(H,7,8)/t3-,4+/m1/s1. The van der Waals surface area contributed by atoms with Crippen LogP contribution in [-0.2, 0) is 4.79 Å². The summed E-state index contributed by atoms with van der Waals surface area (Å²) in [5, 5.41) is 0. The van der Waals surface area contributed by atoms with Gasteiger partial charge in [-0.3, -0.25) is 10.2 Å². The van der Waals surface area contributed by atoms with Crippen molar-refractivity contribution in [3.63, 3.8) is 0 Å². The Balaban J connectivity index is 2.28. The molecule has 1 rings (SSSR count). The highest BCUT2D eigenvalue weighted by atomic mass is 16.2.